The molecule has 1 amide bonds. The molecule has 1 aliphatic rings. The Kier molecular flexibility index (Phi) is 3.72. The van der Waals surface area contributed by atoms with E-state index in [1.54, 1.807) is 48.5 Å². The van der Waals surface area contributed by atoms with Crippen LogP contribution in [0.5, 0.6) is 0 Å². The lowest BCUT2D eigenvalue weighted by Crippen LogP contribution is -2.49. The van der Waals surface area contributed by atoms with E-state index in [-0.39, 0.29) is 12.0 Å². The number of carbonyl (C=O) groups excluding carboxylic acids is 1. The fourth-order valence-electron chi connectivity index (χ4n) is 2.79. The minimum atomic E-state index is -1.94. The van der Waals surface area contributed by atoms with Gasteiger partial charge in [-0.25, -0.2) is 4.79 Å². The van der Waals surface area contributed by atoms with E-state index in [1.807, 2.05) is 6.07 Å². The maximum absolute atomic E-state index is 12.5. The third-order valence-corrected chi connectivity index (χ3v) is 3.86. The van der Waals surface area contributed by atoms with Crippen molar-refractivity contribution in [3.63, 3.8) is 0 Å². The third-order valence-electron chi connectivity index (χ3n) is 3.86. The van der Waals surface area contributed by atoms with Crippen molar-refractivity contribution in [2.75, 3.05) is 5.32 Å². The Morgan fingerprint density at radius 1 is 1.09 bits per heavy atom. The molecule has 3 rings (SSSR count). The first-order valence-corrected chi connectivity index (χ1v) is 7.13. The highest BCUT2D eigenvalue weighted by Crippen LogP contribution is 2.39. The first-order valence-electron chi connectivity index (χ1n) is 7.13. The van der Waals surface area contributed by atoms with Crippen LogP contribution in [0.2, 0.25) is 0 Å². The zero-order valence-electron chi connectivity index (χ0n) is 12.2. The Hall–Kier alpha value is -2.92. The quantitative estimate of drug-likeness (QED) is 0.758. The van der Waals surface area contributed by atoms with Crippen LogP contribution >= 0.6 is 0 Å². The lowest BCUT2D eigenvalue weighted by atomic mass is 9.79. The number of aliphatic carboxylic acids is 1. The fraction of sp³-hybridized carbons (Fsp3) is 0.111. The van der Waals surface area contributed by atoms with E-state index in [4.69, 9.17) is 5.11 Å². The number of hydrogen-bond donors (Lipinski definition) is 3. The standard InChI is InChI=1S/C18H15NO4/c20-16(21)10-14-13-8-4-5-9-15(13)19-17(22)18(14,23)11-12-6-2-1-3-7-12/h1-10,23H,11H2,(H,19,22)(H,20,21)/b14-10+. The van der Waals surface area contributed by atoms with E-state index in [2.05, 4.69) is 5.32 Å². The highest BCUT2D eigenvalue weighted by Gasteiger charge is 2.45. The van der Waals surface area contributed by atoms with Crippen LogP contribution in [0.25, 0.3) is 5.57 Å². The van der Waals surface area contributed by atoms with Crippen LogP contribution in [0.15, 0.2) is 60.7 Å². The Bertz CT molecular complexity index is 798. The van der Waals surface area contributed by atoms with Crippen LogP contribution in [0, 0.1) is 0 Å². The molecular formula is C18H15NO4. The number of carboxylic acids is 1. The summed E-state index contributed by atoms with van der Waals surface area (Å²) in [4.78, 5) is 23.7. The second kappa shape index (κ2) is 5.70. The largest absolute Gasteiger partial charge is 0.478 e. The molecule has 0 saturated carbocycles. The van der Waals surface area contributed by atoms with E-state index < -0.39 is 17.5 Å². The molecule has 1 aliphatic heterocycles. The molecule has 0 spiro atoms. The normalized spacial score (nSPS) is 21.6. The van der Waals surface area contributed by atoms with Gasteiger partial charge in [0.25, 0.3) is 5.91 Å². The van der Waals surface area contributed by atoms with Crippen LogP contribution in [0.1, 0.15) is 11.1 Å². The topological polar surface area (TPSA) is 86.6 Å². The van der Waals surface area contributed by atoms with Gasteiger partial charge in [0.15, 0.2) is 5.60 Å². The Morgan fingerprint density at radius 3 is 2.43 bits per heavy atom. The molecule has 0 radical (unpaired) electrons. The van der Waals surface area contributed by atoms with Crippen molar-refractivity contribution in [3.05, 3.63) is 71.8 Å². The van der Waals surface area contributed by atoms with Gasteiger partial charge < -0.3 is 15.5 Å². The minimum absolute atomic E-state index is 0.00682. The van der Waals surface area contributed by atoms with Crippen LogP contribution < -0.4 is 5.32 Å². The first kappa shape index (κ1) is 15.0. The number of benzene rings is 2. The molecule has 0 aliphatic carbocycles. The molecule has 0 fully saturated rings. The van der Waals surface area contributed by atoms with Crippen molar-refractivity contribution in [1.29, 1.82) is 0 Å². The molecule has 116 valence electrons. The van der Waals surface area contributed by atoms with E-state index in [0.717, 1.165) is 11.6 Å². The second-order valence-electron chi connectivity index (χ2n) is 5.42. The average Bonchev–Trinajstić information content (AvgIpc) is 2.53. The number of para-hydroxylation sites is 1. The van der Waals surface area contributed by atoms with Gasteiger partial charge in [0, 0.05) is 29.3 Å². The summed E-state index contributed by atoms with van der Waals surface area (Å²) in [6.07, 6.45) is 0.896. The summed E-state index contributed by atoms with van der Waals surface area (Å²) < 4.78 is 0. The number of nitrogens with one attached hydrogen (secondary N) is 1. The maximum atomic E-state index is 12.5. The van der Waals surface area contributed by atoms with Crippen LogP contribution in [-0.2, 0) is 16.0 Å². The van der Waals surface area contributed by atoms with Crippen molar-refractivity contribution < 1.29 is 19.8 Å². The van der Waals surface area contributed by atoms with Gasteiger partial charge in [-0.15, -0.1) is 0 Å². The van der Waals surface area contributed by atoms with Crippen molar-refractivity contribution in [2.45, 2.75) is 12.0 Å². The highest BCUT2D eigenvalue weighted by atomic mass is 16.4. The number of carbonyl (C=O) groups is 2. The third kappa shape index (κ3) is 2.74. The Balaban J connectivity index is 2.14. The monoisotopic (exact) mass is 309 g/mol. The number of rotatable bonds is 3. The first-order chi connectivity index (χ1) is 11.0. The average molecular weight is 309 g/mol. The van der Waals surface area contributed by atoms with Crippen LogP contribution in [-0.4, -0.2) is 27.7 Å². The molecule has 0 aromatic heterocycles. The van der Waals surface area contributed by atoms with Gasteiger partial charge in [-0.05, 0) is 11.6 Å². The predicted molar refractivity (Wildman–Crippen MR) is 85.8 cm³/mol. The lowest BCUT2D eigenvalue weighted by molar-refractivity contribution is -0.131. The number of amides is 1. The summed E-state index contributed by atoms with van der Waals surface area (Å²) in [6.45, 7) is 0. The number of hydrogen-bond acceptors (Lipinski definition) is 3. The fourth-order valence-corrected chi connectivity index (χ4v) is 2.79. The Morgan fingerprint density at radius 2 is 1.74 bits per heavy atom. The van der Waals surface area contributed by atoms with Gasteiger partial charge in [0.2, 0.25) is 0 Å². The second-order valence-corrected chi connectivity index (χ2v) is 5.42. The van der Waals surface area contributed by atoms with E-state index >= 15 is 0 Å². The number of aliphatic hydroxyl groups is 1. The van der Waals surface area contributed by atoms with Gasteiger partial charge in [0.05, 0.1) is 0 Å². The van der Waals surface area contributed by atoms with Gasteiger partial charge in [-0.3, -0.25) is 4.79 Å². The molecule has 3 N–H and O–H groups in total. The summed E-state index contributed by atoms with van der Waals surface area (Å²) in [6, 6.07) is 15.8. The molecular weight excluding hydrogens is 294 g/mol. The molecule has 0 saturated heterocycles. The molecule has 0 bridgehead atoms. The van der Waals surface area contributed by atoms with Crippen LogP contribution in [0.3, 0.4) is 0 Å². The summed E-state index contributed by atoms with van der Waals surface area (Å²) in [5, 5.41) is 22.8. The summed E-state index contributed by atoms with van der Waals surface area (Å²) in [7, 11) is 0. The van der Waals surface area contributed by atoms with E-state index in [0.29, 0.717) is 11.3 Å². The smallest absolute Gasteiger partial charge is 0.328 e. The van der Waals surface area contributed by atoms with Gasteiger partial charge in [0.1, 0.15) is 0 Å². The molecule has 2 aromatic rings. The Labute approximate surface area is 132 Å². The van der Waals surface area contributed by atoms with Gasteiger partial charge in [-0.1, -0.05) is 48.5 Å². The number of anilines is 1. The van der Waals surface area contributed by atoms with E-state index in [9.17, 15) is 14.7 Å². The van der Waals surface area contributed by atoms with Gasteiger partial charge >= 0.3 is 5.97 Å². The number of carboxylic acid groups (broad SMARTS) is 1. The van der Waals surface area contributed by atoms with Crippen molar-refractivity contribution >= 4 is 23.1 Å². The molecule has 5 heteroatoms. The maximum Gasteiger partial charge on any atom is 0.328 e. The summed E-state index contributed by atoms with van der Waals surface area (Å²) >= 11 is 0. The zero-order valence-corrected chi connectivity index (χ0v) is 12.2. The van der Waals surface area contributed by atoms with Gasteiger partial charge in [-0.2, -0.15) is 0 Å². The van der Waals surface area contributed by atoms with Crippen molar-refractivity contribution in [1.82, 2.24) is 0 Å². The molecule has 2 aromatic carbocycles. The molecule has 1 heterocycles. The predicted octanol–water partition coefficient (Wildman–Crippen LogP) is 2.08. The van der Waals surface area contributed by atoms with Crippen LogP contribution in [0.4, 0.5) is 5.69 Å². The SMILES string of the molecule is O=C(O)/C=C1\c2ccccc2NC(=O)C1(O)Cc1ccccc1. The van der Waals surface area contributed by atoms with Crippen molar-refractivity contribution in [2.24, 2.45) is 0 Å². The summed E-state index contributed by atoms with van der Waals surface area (Å²) in [5.41, 5.74) is -0.113. The highest BCUT2D eigenvalue weighted by molar-refractivity contribution is 6.15. The molecule has 23 heavy (non-hydrogen) atoms. The van der Waals surface area contributed by atoms with Crippen molar-refractivity contribution in [3.8, 4) is 0 Å². The lowest BCUT2D eigenvalue weighted by Gasteiger charge is -2.35. The molecule has 5 nitrogen and oxygen atoms in total. The summed E-state index contributed by atoms with van der Waals surface area (Å²) in [5.74, 6) is -1.84. The minimum Gasteiger partial charge on any atom is -0.478 e. The zero-order chi connectivity index (χ0) is 16.4. The van der Waals surface area contributed by atoms with E-state index in [1.165, 1.54) is 0 Å². The number of fused-ring (bicyclic) bond motifs is 1. The molecule has 1 atom stereocenters. The molecule has 1 unspecified atom stereocenters.